The van der Waals surface area contributed by atoms with E-state index in [1.807, 2.05) is 44.2 Å². The Balaban J connectivity index is 1.57. The molecule has 0 aromatic heterocycles. The van der Waals surface area contributed by atoms with E-state index in [-0.39, 0.29) is 18.3 Å². The molecule has 4 atom stereocenters. The predicted octanol–water partition coefficient (Wildman–Crippen LogP) is 2.65. The van der Waals surface area contributed by atoms with Crippen molar-refractivity contribution >= 4 is 0 Å². The predicted molar refractivity (Wildman–Crippen MR) is 84.7 cm³/mol. The van der Waals surface area contributed by atoms with Crippen molar-refractivity contribution in [2.24, 2.45) is 0 Å². The molecule has 0 spiro atoms. The highest BCUT2D eigenvalue weighted by molar-refractivity contribution is 5.13. The monoisotopic (exact) mass is 320 g/mol. The lowest BCUT2D eigenvalue weighted by Crippen LogP contribution is -2.33. The van der Waals surface area contributed by atoms with Crippen LogP contribution in [0.5, 0.6) is 0 Å². The second-order valence-electron chi connectivity index (χ2n) is 6.23. The van der Waals surface area contributed by atoms with Crippen molar-refractivity contribution in [1.29, 1.82) is 0 Å². The first-order chi connectivity index (χ1) is 11.1. The summed E-state index contributed by atoms with van der Waals surface area (Å²) in [6.07, 6.45) is 0.606. The maximum atomic E-state index is 5.97. The Hall–Kier alpha value is -1.24. The Labute approximate surface area is 137 Å². The van der Waals surface area contributed by atoms with Crippen LogP contribution in [0.25, 0.3) is 0 Å². The summed E-state index contributed by atoms with van der Waals surface area (Å²) in [5, 5.41) is 0. The quantitative estimate of drug-likeness (QED) is 0.723. The van der Waals surface area contributed by atoms with Gasteiger partial charge in [0.2, 0.25) is 0 Å². The summed E-state index contributed by atoms with van der Waals surface area (Å²) in [4.78, 5) is 0. The molecule has 5 nitrogen and oxygen atoms in total. The zero-order valence-corrected chi connectivity index (χ0v) is 13.6. The minimum absolute atomic E-state index is 0.185. The Morgan fingerprint density at radius 1 is 1.17 bits per heavy atom. The molecular formula is C18H24O5. The van der Waals surface area contributed by atoms with Gasteiger partial charge in [0.15, 0.2) is 12.1 Å². The molecule has 1 aromatic carbocycles. The first-order valence-corrected chi connectivity index (χ1v) is 7.94. The smallest absolute Gasteiger partial charge is 0.187 e. The van der Waals surface area contributed by atoms with Crippen molar-refractivity contribution in [1.82, 2.24) is 0 Å². The Morgan fingerprint density at radius 3 is 2.65 bits per heavy atom. The van der Waals surface area contributed by atoms with Crippen molar-refractivity contribution in [2.75, 3.05) is 13.2 Å². The molecule has 2 aliphatic rings. The van der Waals surface area contributed by atoms with Gasteiger partial charge in [-0.1, -0.05) is 36.4 Å². The number of benzene rings is 1. The van der Waals surface area contributed by atoms with E-state index in [0.717, 1.165) is 5.56 Å². The van der Waals surface area contributed by atoms with Gasteiger partial charge in [0.1, 0.15) is 18.3 Å². The molecular weight excluding hydrogens is 296 g/mol. The molecule has 126 valence electrons. The molecule has 3 rings (SSSR count). The summed E-state index contributed by atoms with van der Waals surface area (Å²) < 4.78 is 29.2. The van der Waals surface area contributed by atoms with E-state index in [1.54, 1.807) is 6.08 Å². The third-order valence-electron chi connectivity index (χ3n) is 3.88. The zero-order chi connectivity index (χ0) is 16.3. The SMILES string of the molecule is C=CCO[C@H]1O[C@@H](COCc2ccccc2)[C@@H]2OC(C)(C)O[C@H]12. The van der Waals surface area contributed by atoms with E-state index in [1.165, 1.54) is 0 Å². The lowest BCUT2D eigenvalue weighted by atomic mass is 10.1. The van der Waals surface area contributed by atoms with E-state index in [4.69, 9.17) is 23.7 Å². The minimum Gasteiger partial charge on any atom is -0.374 e. The van der Waals surface area contributed by atoms with Crippen LogP contribution in [0.15, 0.2) is 43.0 Å². The van der Waals surface area contributed by atoms with Crippen LogP contribution >= 0.6 is 0 Å². The maximum Gasteiger partial charge on any atom is 0.187 e. The fourth-order valence-electron chi connectivity index (χ4n) is 2.94. The number of fused-ring (bicyclic) bond motifs is 1. The van der Waals surface area contributed by atoms with Gasteiger partial charge >= 0.3 is 0 Å². The van der Waals surface area contributed by atoms with Crippen LogP contribution in [0.1, 0.15) is 19.4 Å². The van der Waals surface area contributed by atoms with Gasteiger partial charge in [-0.05, 0) is 19.4 Å². The Morgan fingerprint density at radius 2 is 1.91 bits per heavy atom. The molecule has 0 unspecified atom stereocenters. The van der Waals surface area contributed by atoms with Gasteiger partial charge in [-0.15, -0.1) is 6.58 Å². The number of ether oxygens (including phenoxy) is 5. The van der Waals surface area contributed by atoms with Gasteiger partial charge in [0.25, 0.3) is 0 Å². The van der Waals surface area contributed by atoms with Gasteiger partial charge in [0.05, 0.1) is 19.8 Å². The van der Waals surface area contributed by atoms with E-state index < -0.39 is 12.1 Å². The number of hydrogen-bond acceptors (Lipinski definition) is 5. The molecule has 23 heavy (non-hydrogen) atoms. The summed E-state index contributed by atoms with van der Waals surface area (Å²) >= 11 is 0. The molecule has 1 aromatic rings. The molecule has 2 fully saturated rings. The first-order valence-electron chi connectivity index (χ1n) is 7.94. The highest BCUT2D eigenvalue weighted by Gasteiger charge is 2.55. The lowest BCUT2D eigenvalue weighted by molar-refractivity contribution is -0.235. The molecule has 0 saturated carbocycles. The fourth-order valence-corrected chi connectivity index (χ4v) is 2.94. The average molecular weight is 320 g/mol. The van der Waals surface area contributed by atoms with Gasteiger partial charge in [0, 0.05) is 0 Å². The molecule has 2 saturated heterocycles. The fraction of sp³-hybridized carbons (Fsp3) is 0.556. The van der Waals surface area contributed by atoms with Crippen LogP contribution in [-0.4, -0.2) is 43.6 Å². The molecule has 0 N–H and O–H groups in total. The summed E-state index contributed by atoms with van der Waals surface area (Å²) in [6, 6.07) is 10.0. The van der Waals surface area contributed by atoms with Gasteiger partial charge in [-0.25, -0.2) is 0 Å². The zero-order valence-electron chi connectivity index (χ0n) is 13.6. The van der Waals surface area contributed by atoms with E-state index >= 15 is 0 Å². The molecule has 0 bridgehead atoms. The van der Waals surface area contributed by atoms with Gasteiger partial charge in [-0.2, -0.15) is 0 Å². The third-order valence-corrected chi connectivity index (χ3v) is 3.88. The molecule has 0 aliphatic carbocycles. The average Bonchev–Trinajstić information content (AvgIpc) is 3.00. The van der Waals surface area contributed by atoms with E-state index in [2.05, 4.69) is 6.58 Å². The Kier molecular flexibility index (Phi) is 5.14. The molecule has 2 heterocycles. The van der Waals surface area contributed by atoms with Crippen LogP contribution in [-0.2, 0) is 30.3 Å². The van der Waals surface area contributed by atoms with Crippen LogP contribution in [0.4, 0.5) is 0 Å². The van der Waals surface area contributed by atoms with E-state index in [9.17, 15) is 0 Å². The summed E-state index contributed by atoms with van der Waals surface area (Å²) in [5.74, 6) is -0.632. The lowest BCUT2D eigenvalue weighted by Gasteiger charge is -2.24. The van der Waals surface area contributed by atoms with Crippen LogP contribution in [0.3, 0.4) is 0 Å². The van der Waals surface area contributed by atoms with Crippen molar-refractivity contribution < 1.29 is 23.7 Å². The van der Waals surface area contributed by atoms with Gasteiger partial charge < -0.3 is 23.7 Å². The summed E-state index contributed by atoms with van der Waals surface area (Å²) in [7, 11) is 0. The highest BCUT2D eigenvalue weighted by Crippen LogP contribution is 2.39. The van der Waals surface area contributed by atoms with Crippen molar-refractivity contribution in [3.8, 4) is 0 Å². The minimum atomic E-state index is -0.632. The number of hydrogen-bond donors (Lipinski definition) is 0. The number of rotatable bonds is 7. The van der Waals surface area contributed by atoms with Crippen LogP contribution < -0.4 is 0 Å². The van der Waals surface area contributed by atoms with Crippen molar-refractivity contribution in [3.05, 3.63) is 48.6 Å². The highest BCUT2D eigenvalue weighted by atomic mass is 16.8. The topological polar surface area (TPSA) is 46.2 Å². The molecule has 0 amide bonds. The van der Waals surface area contributed by atoms with Crippen LogP contribution in [0, 0.1) is 0 Å². The Bertz CT molecular complexity index is 515. The van der Waals surface area contributed by atoms with E-state index in [0.29, 0.717) is 19.8 Å². The normalized spacial score (nSPS) is 31.9. The standard InChI is InChI=1S/C18H24O5/c1-4-10-20-17-16-15(22-18(2,3)23-16)14(21-17)12-19-11-13-8-6-5-7-9-13/h4-9,14-17H,1,10-12H2,2-3H3/t14-,15-,16-,17-/m0/s1. The molecule has 2 aliphatic heterocycles. The summed E-state index contributed by atoms with van der Waals surface area (Å²) in [5.41, 5.74) is 1.13. The largest absolute Gasteiger partial charge is 0.374 e. The first kappa shape index (κ1) is 16.6. The second-order valence-corrected chi connectivity index (χ2v) is 6.23. The summed E-state index contributed by atoms with van der Waals surface area (Å²) in [6.45, 7) is 8.85. The van der Waals surface area contributed by atoms with Crippen molar-refractivity contribution in [3.63, 3.8) is 0 Å². The van der Waals surface area contributed by atoms with Crippen LogP contribution in [0.2, 0.25) is 0 Å². The second kappa shape index (κ2) is 7.11. The molecule has 0 radical (unpaired) electrons. The maximum absolute atomic E-state index is 5.97. The van der Waals surface area contributed by atoms with Crippen molar-refractivity contribution in [2.45, 2.75) is 50.8 Å². The van der Waals surface area contributed by atoms with Gasteiger partial charge in [-0.3, -0.25) is 0 Å². The molecule has 5 heteroatoms. The third kappa shape index (κ3) is 4.00.